The van der Waals surface area contributed by atoms with E-state index in [-0.39, 0.29) is 0 Å². The molecule has 0 aromatic rings. The topological polar surface area (TPSA) is 335 Å². The van der Waals surface area contributed by atoms with Crippen molar-refractivity contribution < 1.29 is 89.0 Å². The molecule has 0 aliphatic heterocycles. The molecule has 0 aliphatic rings. The monoisotopic (exact) mass is 518 g/mol. The quantitative estimate of drug-likeness (QED) is 0.0723. The highest BCUT2D eigenvalue weighted by molar-refractivity contribution is 7.81. The molecule has 0 amide bonds. The van der Waals surface area contributed by atoms with Crippen molar-refractivity contribution in [3.8, 4) is 0 Å². The minimum Gasteiger partial charge on any atom is -0.480 e. The second kappa shape index (κ2) is 8.85. The molecule has 3 atom stereocenters. The van der Waals surface area contributed by atoms with Gasteiger partial charge in [-0.25, -0.2) is 12.5 Å². The van der Waals surface area contributed by atoms with E-state index in [9.17, 15) is 54.1 Å². The number of hydrogen-bond donors (Lipinski definition) is 8. The van der Waals surface area contributed by atoms with Crippen LogP contribution in [0.2, 0.25) is 0 Å². The van der Waals surface area contributed by atoms with Gasteiger partial charge in [-0.15, -0.1) is 0 Å². The highest BCUT2D eigenvalue weighted by Crippen LogP contribution is 2.32. The molecule has 0 aromatic heterocycles. The third-order valence-corrected chi connectivity index (χ3v) is 3.72. The first-order valence-corrected chi connectivity index (χ1v) is 11.1. The van der Waals surface area contributed by atoms with Crippen molar-refractivity contribution in [1.29, 1.82) is 0 Å². The van der Waals surface area contributed by atoms with Crippen LogP contribution in [0.4, 0.5) is 0 Å². The van der Waals surface area contributed by atoms with Gasteiger partial charge in [0.15, 0.2) is 0 Å². The molecule has 174 valence electrons. The van der Waals surface area contributed by atoms with Gasteiger partial charge in [0.05, 0.1) is 0 Å². The van der Waals surface area contributed by atoms with Gasteiger partial charge in [-0.3, -0.25) is 18.2 Å². The van der Waals surface area contributed by atoms with Crippen LogP contribution in [0.25, 0.3) is 0 Å². The zero-order chi connectivity index (χ0) is 23.6. The van der Waals surface area contributed by atoms with Gasteiger partial charge >= 0.3 is 47.5 Å². The maximum absolute atomic E-state index is 10.8. The molecule has 0 bridgehead atoms. The standard InChI is InChI=1S/C5H10O20S4/c6-2(22-26(10,11)12)1(3(7)23-27(13,14)15)5(9,25-29(19,20)21)4(8)24-28(16,17)18/h2,4,6-9H,(H,10,11,12)(H,13,14,15)(H,16,17,18)(H,19,20,21)/b3-1-. The van der Waals surface area contributed by atoms with Crippen LogP contribution in [0.15, 0.2) is 11.5 Å². The van der Waals surface area contributed by atoms with Crippen LogP contribution in [0.1, 0.15) is 0 Å². The lowest BCUT2D eigenvalue weighted by molar-refractivity contribution is -0.255. The predicted octanol–water partition coefficient (Wildman–Crippen LogP) is -4.64. The van der Waals surface area contributed by atoms with Crippen LogP contribution in [0.3, 0.4) is 0 Å². The van der Waals surface area contributed by atoms with E-state index in [1.807, 2.05) is 0 Å². The van der Waals surface area contributed by atoms with E-state index in [1.54, 1.807) is 0 Å². The van der Waals surface area contributed by atoms with Crippen molar-refractivity contribution in [2.75, 3.05) is 0 Å². The fourth-order valence-electron chi connectivity index (χ4n) is 1.30. The smallest absolute Gasteiger partial charge is 0.449 e. The molecule has 0 fully saturated rings. The first-order valence-electron chi connectivity index (χ1n) is 5.65. The molecule has 29 heavy (non-hydrogen) atoms. The highest BCUT2D eigenvalue weighted by atomic mass is 32.3. The summed E-state index contributed by atoms with van der Waals surface area (Å²) >= 11 is 0. The van der Waals surface area contributed by atoms with Crippen LogP contribution in [0.5, 0.6) is 0 Å². The van der Waals surface area contributed by atoms with E-state index in [4.69, 9.17) is 18.2 Å². The Morgan fingerprint density at radius 2 is 1.14 bits per heavy atom. The van der Waals surface area contributed by atoms with Crippen molar-refractivity contribution in [2.45, 2.75) is 18.4 Å². The Morgan fingerprint density at radius 1 is 0.724 bits per heavy atom. The zero-order valence-corrected chi connectivity index (χ0v) is 16.0. The fourth-order valence-corrected chi connectivity index (χ4v) is 2.77. The van der Waals surface area contributed by atoms with E-state index < -0.39 is 71.5 Å². The largest absolute Gasteiger partial charge is 0.480 e. The summed E-state index contributed by atoms with van der Waals surface area (Å²) in [6.45, 7) is 0. The van der Waals surface area contributed by atoms with Crippen molar-refractivity contribution >= 4 is 41.6 Å². The van der Waals surface area contributed by atoms with Gasteiger partial charge < -0.3 is 24.6 Å². The van der Waals surface area contributed by atoms with E-state index in [1.165, 1.54) is 0 Å². The minimum atomic E-state index is -6.14. The number of rotatable bonds is 11. The summed E-state index contributed by atoms with van der Waals surface area (Å²) in [7, 11) is -23.7. The molecule has 0 saturated carbocycles. The third kappa shape index (κ3) is 10.4. The van der Waals surface area contributed by atoms with Crippen LogP contribution in [-0.4, -0.2) is 90.7 Å². The third-order valence-electron chi connectivity index (χ3n) is 2.04. The van der Waals surface area contributed by atoms with Gasteiger partial charge in [0, 0.05) is 0 Å². The highest BCUT2D eigenvalue weighted by Gasteiger charge is 2.54. The van der Waals surface area contributed by atoms with Crippen molar-refractivity contribution in [3.63, 3.8) is 0 Å². The summed E-state index contributed by atoms with van der Waals surface area (Å²) < 4.78 is 132. The van der Waals surface area contributed by atoms with E-state index in [0.29, 0.717) is 0 Å². The molecule has 0 saturated heterocycles. The molecule has 0 spiro atoms. The first-order chi connectivity index (χ1) is 12.5. The Bertz CT molecular complexity index is 1040. The summed E-state index contributed by atoms with van der Waals surface area (Å²) in [5, 5.41) is 38.3. The molecule has 0 radical (unpaired) electrons. The van der Waals surface area contributed by atoms with Crippen LogP contribution in [-0.2, 0) is 58.3 Å². The Morgan fingerprint density at radius 3 is 1.45 bits per heavy atom. The van der Waals surface area contributed by atoms with Gasteiger partial charge in [-0.1, -0.05) is 0 Å². The van der Waals surface area contributed by atoms with Crippen molar-refractivity contribution in [3.05, 3.63) is 11.5 Å². The van der Waals surface area contributed by atoms with Gasteiger partial charge in [0.1, 0.15) is 5.57 Å². The van der Waals surface area contributed by atoms with E-state index >= 15 is 0 Å². The van der Waals surface area contributed by atoms with Crippen LogP contribution >= 0.6 is 0 Å². The summed E-state index contributed by atoms with van der Waals surface area (Å²) in [6, 6.07) is 0. The SMILES string of the molecule is O=S(=O)(O)O/C(O)=C(/C(O)OS(=O)(=O)O)C(O)(OS(=O)(=O)O)C(O)OS(=O)(=O)O. The molecule has 3 unspecified atom stereocenters. The Kier molecular flexibility index (Phi) is 8.47. The average Bonchev–Trinajstić information content (AvgIpc) is 2.28. The lowest BCUT2D eigenvalue weighted by Crippen LogP contribution is -2.53. The Balaban J connectivity index is 6.96. The van der Waals surface area contributed by atoms with Gasteiger partial charge in [-0.2, -0.15) is 33.7 Å². The number of aliphatic hydroxyl groups excluding tert-OH is 3. The molecule has 0 aromatic carbocycles. The van der Waals surface area contributed by atoms with Crippen LogP contribution < -0.4 is 0 Å². The lowest BCUT2D eigenvalue weighted by Gasteiger charge is -2.32. The molecule has 8 N–H and O–H groups in total. The number of aliphatic hydroxyl groups is 4. The van der Waals surface area contributed by atoms with E-state index in [0.717, 1.165) is 0 Å². The zero-order valence-electron chi connectivity index (χ0n) is 12.8. The second-order valence-corrected chi connectivity index (χ2v) is 8.33. The number of hydrogen-bond acceptors (Lipinski definition) is 16. The predicted molar refractivity (Wildman–Crippen MR) is 77.2 cm³/mol. The lowest BCUT2D eigenvalue weighted by atomic mass is 10.1. The summed E-state index contributed by atoms with van der Waals surface area (Å²) in [6.07, 6.45) is -7.65. The van der Waals surface area contributed by atoms with Gasteiger partial charge in [0.2, 0.25) is 12.6 Å². The van der Waals surface area contributed by atoms with Crippen molar-refractivity contribution in [1.82, 2.24) is 0 Å². The summed E-state index contributed by atoms with van der Waals surface area (Å²) in [4.78, 5) is 0. The molecular formula is C5H10O20S4. The molecule has 0 aliphatic carbocycles. The normalized spacial score (nSPS) is 19.0. The molecule has 20 nitrogen and oxygen atoms in total. The second-order valence-electron chi connectivity index (χ2n) is 4.19. The van der Waals surface area contributed by atoms with E-state index in [2.05, 4.69) is 16.7 Å². The fraction of sp³-hybridized carbons (Fsp3) is 0.600. The van der Waals surface area contributed by atoms with Crippen LogP contribution in [0, 0.1) is 0 Å². The van der Waals surface area contributed by atoms with Gasteiger partial charge in [-0.05, 0) is 0 Å². The average molecular weight is 518 g/mol. The van der Waals surface area contributed by atoms with Crippen molar-refractivity contribution in [2.24, 2.45) is 0 Å². The molecular weight excluding hydrogens is 508 g/mol. The molecule has 0 heterocycles. The molecule has 0 rings (SSSR count). The summed E-state index contributed by atoms with van der Waals surface area (Å²) in [5.41, 5.74) is -2.60. The Hall–Kier alpha value is -1.26. The minimum absolute atomic E-state index is 2.60. The van der Waals surface area contributed by atoms with Gasteiger partial charge in [0.25, 0.3) is 5.79 Å². The maximum atomic E-state index is 10.8. The Labute approximate surface area is 160 Å². The first kappa shape index (κ1) is 27.7. The maximum Gasteiger partial charge on any atom is 0.449 e. The molecule has 24 heteroatoms. The summed E-state index contributed by atoms with van der Waals surface area (Å²) in [5.74, 6) is -7.52.